The molecule has 1 saturated carbocycles. The van der Waals surface area contributed by atoms with E-state index in [0.717, 1.165) is 0 Å². The van der Waals surface area contributed by atoms with Crippen molar-refractivity contribution in [2.45, 2.75) is 16.7 Å². The molecule has 0 unspecified atom stereocenters. The van der Waals surface area contributed by atoms with Gasteiger partial charge >= 0.3 is 0 Å². The molecule has 37 heavy (non-hydrogen) atoms. The Labute approximate surface area is 218 Å². The second-order valence-electron chi connectivity index (χ2n) is 9.20. The number of nitrogens with two attached hydrogens (primary N) is 1. The summed E-state index contributed by atoms with van der Waals surface area (Å²) in [6, 6.07) is 11.2. The van der Waals surface area contributed by atoms with E-state index in [-0.39, 0.29) is 22.6 Å². The third-order valence-corrected chi connectivity index (χ3v) is 8.22. The minimum Gasteiger partial charge on any atom is -0.378 e. The van der Waals surface area contributed by atoms with Crippen molar-refractivity contribution >= 4 is 28.5 Å². The Balaban J connectivity index is 1.44. The minimum absolute atomic E-state index is 0.105. The number of aliphatic imine (C=N–C) groups is 1. The zero-order valence-corrected chi connectivity index (χ0v) is 20.7. The lowest BCUT2D eigenvalue weighted by atomic mass is 9.84. The quantitative estimate of drug-likeness (QED) is 0.375. The van der Waals surface area contributed by atoms with Crippen LogP contribution in [0.4, 0.5) is 14.5 Å². The molecule has 5 rings (SSSR count). The van der Waals surface area contributed by atoms with Gasteiger partial charge in [0.05, 0.1) is 19.8 Å². The molecule has 6 nitrogen and oxygen atoms in total. The molecular weight excluding hydrogens is 494 g/mol. The van der Waals surface area contributed by atoms with Crippen molar-refractivity contribution in [2.24, 2.45) is 16.6 Å². The van der Waals surface area contributed by atoms with E-state index in [0.29, 0.717) is 49.5 Å². The van der Waals surface area contributed by atoms with Gasteiger partial charge in [-0.1, -0.05) is 53.9 Å². The highest BCUT2D eigenvalue weighted by Crippen LogP contribution is 2.66. The van der Waals surface area contributed by atoms with Crippen LogP contribution >= 0.6 is 11.8 Å². The third kappa shape index (κ3) is 4.85. The lowest BCUT2D eigenvalue weighted by Gasteiger charge is -2.34. The molecule has 2 aromatic rings. The van der Waals surface area contributed by atoms with Gasteiger partial charge in [0, 0.05) is 46.5 Å². The molecule has 1 aliphatic carbocycles. The van der Waals surface area contributed by atoms with Crippen LogP contribution in [0.1, 0.15) is 23.1 Å². The van der Waals surface area contributed by atoms with Crippen LogP contribution in [0.15, 0.2) is 59.6 Å². The molecule has 2 N–H and O–H groups in total. The predicted molar refractivity (Wildman–Crippen MR) is 139 cm³/mol. The number of fused-ring (bicyclic) bond motifs is 1. The second kappa shape index (κ2) is 10.0. The fourth-order valence-corrected chi connectivity index (χ4v) is 6.22. The van der Waals surface area contributed by atoms with Crippen molar-refractivity contribution in [3.63, 3.8) is 0 Å². The van der Waals surface area contributed by atoms with Gasteiger partial charge in [0.25, 0.3) is 0 Å². The Morgan fingerprint density at radius 1 is 1.24 bits per heavy atom. The first-order chi connectivity index (χ1) is 17.9. The number of amides is 1. The maximum Gasteiger partial charge on any atom is 0.246 e. The molecule has 0 radical (unpaired) electrons. The highest BCUT2D eigenvalue weighted by Gasteiger charge is 2.67. The van der Waals surface area contributed by atoms with Crippen LogP contribution < -0.4 is 5.73 Å². The Morgan fingerprint density at radius 3 is 2.65 bits per heavy atom. The van der Waals surface area contributed by atoms with Crippen molar-refractivity contribution in [3.05, 3.63) is 88.5 Å². The Kier molecular flexibility index (Phi) is 6.76. The molecule has 9 heteroatoms. The minimum atomic E-state index is -1.50. The van der Waals surface area contributed by atoms with Gasteiger partial charge in [0.2, 0.25) is 5.91 Å². The number of rotatable bonds is 4. The van der Waals surface area contributed by atoms with E-state index in [1.807, 2.05) is 0 Å². The Bertz CT molecular complexity index is 1390. The van der Waals surface area contributed by atoms with Crippen molar-refractivity contribution in [1.29, 1.82) is 0 Å². The molecule has 2 fully saturated rings. The summed E-state index contributed by atoms with van der Waals surface area (Å²) in [5.41, 5.74) is 6.48. The smallest absolute Gasteiger partial charge is 0.246 e. The summed E-state index contributed by atoms with van der Waals surface area (Å²) in [7, 11) is 0. The Morgan fingerprint density at radius 2 is 1.95 bits per heavy atom. The highest BCUT2D eigenvalue weighted by molar-refractivity contribution is 8.15. The van der Waals surface area contributed by atoms with Crippen molar-refractivity contribution in [3.8, 4) is 11.8 Å². The number of amidine groups is 1. The fourth-order valence-electron chi connectivity index (χ4n) is 4.90. The number of halogens is 2. The number of carbonyl (C=O) groups excluding carboxylic acids is 1. The number of hydrogen-bond acceptors (Lipinski definition) is 5. The number of alkyl halides is 1. The number of carbonyl (C=O) groups is 1. The van der Waals surface area contributed by atoms with Gasteiger partial charge in [-0.3, -0.25) is 4.79 Å². The summed E-state index contributed by atoms with van der Waals surface area (Å²) in [6.07, 6.45) is 3.80. The molecule has 1 amide bonds. The highest BCUT2D eigenvalue weighted by atomic mass is 32.2. The van der Waals surface area contributed by atoms with Gasteiger partial charge in [-0.25, -0.2) is 18.6 Å². The zero-order valence-electron chi connectivity index (χ0n) is 19.9. The van der Waals surface area contributed by atoms with E-state index < -0.39 is 22.8 Å². The summed E-state index contributed by atoms with van der Waals surface area (Å²) >= 11 is 1.29. The summed E-state index contributed by atoms with van der Waals surface area (Å²) in [5.74, 6) is 4.91. The van der Waals surface area contributed by atoms with E-state index in [4.69, 9.17) is 17.0 Å². The summed E-state index contributed by atoms with van der Waals surface area (Å²) < 4.78 is 34.7. The molecule has 1 saturated heterocycles. The first-order valence-corrected chi connectivity index (χ1v) is 12.7. The van der Waals surface area contributed by atoms with Gasteiger partial charge in [0.1, 0.15) is 18.0 Å². The molecule has 188 valence electrons. The number of nitrogens with zero attached hydrogens (tertiary/aromatic N) is 3. The van der Waals surface area contributed by atoms with Crippen molar-refractivity contribution < 1.29 is 18.3 Å². The van der Waals surface area contributed by atoms with Crippen LogP contribution in [0.3, 0.4) is 0 Å². The molecule has 2 heterocycles. The number of hydrogen-bond donors (Lipinski definition) is 1. The van der Waals surface area contributed by atoms with Crippen molar-refractivity contribution in [1.82, 2.24) is 4.90 Å². The number of thioether (sulfide) groups is 1. The van der Waals surface area contributed by atoms with Crippen LogP contribution in [-0.4, -0.2) is 53.7 Å². The van der Waals surface area contributed by atoms with Gasteiger partial charge in [-0.05, 0) is 24.6 Å². The van der Waals surface area contributed by atoms with Gasteiger partial charge in [-0.2, -0.15) is 0 Å². The summed E-state index contributed by atoms with van der Waals surface area (Å²) in [4.78, 5) is 22.2. The Hall–Kier alpha value is -3.66. The molecule has 0 aromatic heterocycles. The van der Waals surface area contributed by atoms with Crippen LogP contribution in [0.25, 0.3) is 4.85 Å². The molecule has 0 bridgehead atoms. The number of morpholine rings is 1. The molecule has 3 atom stereocenters. The third-order valence-electron chi connectivity index (χ3n) is 6.95. The largest absolute Gasteiger partial charge is 0.378 e. The van der Waals surface area contributed by atoms with E-state index in [9.17, 15) is 9.18 Å². The van der Waals surface area contributed by atoms with Gasteiger partial charge in [-0.15, -0.1) is 0 Å². The SMILES string of the molecule is [C-]#[N+]c1ccc(C#Cc2ccc(F)c([C@@]3(CF)N=C(N)S[C@@]4(/C=C/C(=O)N5CCOCC5)C[C@H]43)c2)cc1. The van der Waals surface area contributed by atoms with Gasteiger partial charge < -0.3 is 15.4 Å². The second-order valence-corrected chi connectivity index (χ2v) is 10.6. The zero-order chi connectivity index (χ0) is 26.0. The van der Waals surface area contributed by atoms with Crippen LogP contribution in [0.5, 0.6) is 0 Å². The standard InChI is InChI=1S/C28H24F2N4O2S/c1-32-21-7-4-19(5-8-21)2-3-20-6-9-23(30)22(16-20)28(18-29)24-17-27(24,37-26(31)33-28)11-10-25(35)34-12-14-36-15-13-34/h4-11,16,24H,12-15,17-18H2,(H2,31,33)/b11-10+/t24-,27+,28-/m1/s1. The lowest BCUT2D eigenvalue weighted by Crippen LogP contribution is -2.41. The van der Waals surface area contributed by atoms with Crippen LogP contribution in [0, 0.1) is 30.1 Å². The average molecular weight is 519 g/mol. The van der Waals surface area contributed by atoms with Crippen LogP contribution in [0.2, 0.25) is 0 Å². The van der Waals surface area contributed by atoms with E-state index in [1.165, 1.54) is 36.0 Å². The number of ether oxygens (including phenoxy) is 1. The molecular formula is C28H24F2N4O2S. The average Bonchev–Trinajstić information content (AvgIpc) is 3.66. The number of benzene rings is 2. The maximum atomic E-state index is 15.2. The normalized spacial score (nSPS) is 26.5. The predicted octanol–water partition coefficient (Wildman–Crippen LogP) is 4.18. The van der Waals surface area contributed by atoms with E-state index in [2.05, 4.69) is 21.7 Å². The van der Waals surface area contributed by atoms with E-state index in [1.54, 1.807) is 35.2 Å². The molecule has 3 aliphatic rings. The van der Waals surface area contributed by atoms with Crippen LogP contribution in [-0.2, 0) is 15.1 Å². The lowest BCUT2D eigenvalue weighted by molar-refractivity contribution is -0.130. The first-order valence-electron chi connectivity index (χ1n) is 11.8. The fraction of sp³-hybridized carbons (Fsp3) is 0.321. The van der Waals surface area contributed by atoms with Gasteiger partial charge in [0.15, 0.2) is 10.9 Å². The monoisotopic (exact) mass is 518 g/mol. The summed E-state index contributed by atoms with van der Waals surface area (Å²) in [5, 5.41) is 0.158. The molecule has 2 aromatic carbocycles. The maximum absolute atomic E-state index is 15.2. The first kappa shape index (κ1) is 25.0. The molecule has 2 aliphatic heterocycles. The van der Waals surface area contributed by atoms with Crippen molar-refractivity contribution in [2.75, 3.05) is 33.0 Å². The summed E-state index contributed by atoms with van der Waals surface area (Å²) in [6.45, 7) is 8.15. The van der Waals surface area contributed by atoms with E-state index >= 15 is 4.39 Å². The molecule has 0 spiro atoms. The topological polar surface area (TPSA) is 72.3 Å².